The van der Waals surface area contributed by atoms with E-state index < -0.39 is 26.3 Å². The van der Waals surface area contributed by atoms with Crippen molar-refractivity contribution < 1.29 is 27.3 Å². The van der Waals surface area contributed by atoms with Gasteiger partial charge in [0.25, 0.3) is 5.69 Å². The third-order valence-electron chi connectivity index (χ3n) is 11.9. The van der Waals surface area contributed by atoms with Gasteiger partial charge in [-0.05, 0) is 99.1 Å². The van der Waals surface area contributed by atoms with Gasteiger partial charge in [-0.15, -0.1) is 0 Å². The molecule has 0 bridgehead atoms. The van der Waals surface area contributed by atoms with E-state index in [4.69, 9.17) is 10.5 Å². The maximum absolute atomic E-state index is 15.1. The van der Waals surface area contributed by atoms with E-state index in [-0.39, 0.29) is 39.2 Å². The van der Waals surface area contributed by atoms with E-state index in [1.807, 2.05) is 18.5 Å². The molecule has 2 aliphatic heterocycles. The highest BCUT2D eigenvalue weighted by Crippen LogP contribution is 2.52. The van der Waals surface area contributed by atoms with E-state index in [1.165, 1.54) is 24.3 Å². The number of benzene rings is 3. The lowest BCUT2D eigenvalue weighted by Gasteiger charge is -2.51. The molecule has 1 amide bonds. The summed E-state index contributed by atoms with van der Waals surface area (Å²) in [4.78, 5) is 32.0. The lowest BCUT2D eigenvalue weighted by Crippen LogP contribution is -2.55. The van der Waals surface area contributed by atoms with Gasteiger partial charge in [0.15, 0.2) is 0 Å². The number of amides is 1. The van der Waals surface area contributed by atoms with Crippen LogP contribution in [0.15, 0.2) is 95.0 Å². The molecule has 1 aromatic heterocycles. The van der Waals surface area contributed by atoms with E-state index in [1.54, 1.807) is 36.4 Å². The highest BCUT2D eigenvalue weighted by Gasteiger charge is 2.53. The third-order valence-corrected chi connectivity index (χ3v) is 13.7. The number of anilines is 1. The van der Waals surface area contributed by atoms with Crippen LogP contribution in [0.4, 0.5) is 20.6 Å². The van der Waals surface area contributed by atoms with Gasteiger partial charge in [-0.1, -0.05) is 25.1 Å². The minimum Gasteiger partial charge on any atom is -0.446 e. The third kappa shape index (κ3) is 7.45. The monoisotopic (exact) mass is 758 g/mol. The number of carbonyl (C=O) groups is 1. The number of nitrogens with two attached hydrogens (primary N) is 1. The number of ether oxygens (including phenoxy) is 1. The van der Waals surface area contributed by atoms with Gasteiger partial charge in [-0.25, -0.2) is 22.6 Å². The summed E-state index contributed by atoms with van der Waals surface area (Å²) >= 11 is 0. The van der Waals surface area contributed by atoms with Crippen LogP contribution < -0.4 is 10.6 Å². The number of nitro groups is 1. The summed E-state index contributed by atoms with van der Waals surface area (Å²) in [7, 11) is -3.90. The molecule has 3 fully saturated rings. The van der Waals surface area contributed by atoms with Crippen molar-refractivity contribution in [3.05, 3.63) is 113 Å². The molecule has 1 aliphatic carbocycles. The predicted octanol–water partition coefficient (Wildman–Crippen LogP) is 6.38. The Kier molecular flexibility index (Phi) is 10.8. The summed E-state index contributed by atoms with van der Waals surface area (Å²) < 4.78 is 49.4. The zero-order chi connectivity index (χ0) is 38.0. The highest BCUT2D eigenvalue weighted by atomic mass is 32.2. The molecule has 3 heterocycles. The number of sulfone groups is 1. The van der Waals surface area contributed by atoms with Crippen LogP contribution in [0.25, 0.3) is 0 Å². The number of aromatic nitrogens is 2. The number of piperidine rings is 1. The fourth-order valence-electron chi connectivity index (χ4n) is 9.38. The van der Waals surface area contributed by atoms with Gasteiger partial charge in [0.05, 0.1) is 14.7 Å². The smallest absolute Gasteiger partial charge is 0.404 e. The molecule has 0 spiro atoms. The fourth-order valence-corrected chi connectivity index (χ4v) is 10.7. The largest absolute Gasteiger partial charge is 0.446 e. The van der Waals surface area contributed by atoms with Crippen molar-refractivity contribution in [3.8, 4) is 0 Å². The Morgan fingerprint density at radius 3 is 2.44 bits per heavy atom. The molecule has 286 valence electrons. The first-order valence-electron chi connectivity index (χ1n) is 18.8. The van der Waals surface area contributed by atoms with Crippen molar-refractivity contribution in [2.45, 2.75) is 73.3 Å². The molecule has 0 radical (unpaired) electrons. The summed E-state index contributed by atoms with van der Waals surface area (Å²) in [5.41, 5.74) is 6.67. The van der Waals surface area contributed by atoms with Crippen molar-refractivity contribution in [1.29, 1.82) is 0 Å². The summed E-state index contributed by atoms with van der Waals surface area (Å²) in [5.74, 6) is 1.29. The Morgan fingerprint density at radius 1 is 1.02 bits per heavy atom. The van der Waals surface area contributed by atoms with E-state index >= 15 is 4.39 Å². The van der Waals surface area contributed by atoms with Gasteiger partial charge in [0.2, 0.25) is 9.84 Å². The Hall–Kier alpha value is -4.82. The molecule has 2 saturated heterocycles. The molecule has 54 heavy (non-hydrogen) atoms. The first-order chi connectivity index (χ1) is 26.0. The molecule has 2 N–H and O–H groups in total. The Morgan fingerprint density at radius 2 is 1.76 bits per heavy atom. The van der Waals surface area contributed by atoms with Gasteiger partial charge in [0, 0.05) is 80.1 Å². The lowest BCUT2D eigenvalue weighted by atomic mass is 9.58. The van der Waals surface area contributed by atoms with Crippen molar-refractivity contribution >= 4 is 27.3 Å². The first kappa shape index (κ1) is 37.5. The van der Waals surface area contributed by atoms with E-state index in [2.05, 4.69) is 26.3 Å². The van der Waals surface area contributed by atoms with Crippen molar-refractivity contribution in [2.75, 3.05) is 37.6 Å². The van der Waals surface area contributed by atoms with Crippen molar-refractivity contribution in [1.82, 2.24) is 14.5 Å². The molecule has 3 atom stereocenters. The Labute approximate surface area is 315 Å². The highest BCUT2D eigenvalue weighted by molar-refractivity contribution is 7.91. The zero-order valence-corrected chi connectivity index (χ0v) is 31.2. The van der Waals surface area contributed by atoms with Crippen molar-refractivity contribution in [3.63, 3.8) is 0 Å². The molecule has 7 rings (SSSR count). The molecular formula is C40H47FN6O6S. The van der Waals surface area contributed by atoms with Crippen LogP contribution >= 0.6 is 0 Å². The van der Waals surface area contributed by atoms with Crippen LogP contribution in [-0.2, 0) is 33.0 Å². The number of nitrogens with zero attached hydrogens (tertiary/aromatic N) is 5. The standard InChI is InChI=1S/C40H47FN6O6S/c1-2-38-43-18-21-45(38)27-40(30-6-3-7-31(41)22-30,36-10-5-11-37(36)53-39(42)48)29-16-19-44(20-17-29)24-28-25-46(26-28)32-12-14-34(15-13-32)54(51,52)35-9-4-8-33(23-35)47(49)50/h3-4,6-9,12-15,18,21-23,28-29,36-37H,2,5,10-11,16-17,19-20,24-27H2,1H3,(H2,42,48)/t36-,37-,40-/m0/s1. The van der Waals surface area contributed by atoms with Gasteiger partial charge in [0.1, 0.15) is 17.7 Å². The maximum Gasteiger partial charge on any atom is 0.404 e. The number of primary amides is 1. The summed E-state index contributed by atoms with van der Waals surface area (Å²) in [5, 5.41) is 11.2. The second-order valence-electron chi connectivity index (χ2n) is 15.0. The van der Waals surface area contributed by atoms with Crippen LogP contribution in [-0.4, -0.2) is 72.7 Å². The van der Waals surface area contributed by atoms with Crippen LogP contribution in [0, 0.1) is 33.7 Å². The number of carbonyl (C=O) groups excluding carboxylic acids is 1. The molecule has 3 aliphatic rings. The Balaban J connectivity index is 1.04. The maximum atomic E-state index is 15.1. The van der Waals surface area contributed by atoms with Gasteiger partial charge in [-0.3, -0.25) is 10.1 Å². The number of rotatable bonds is 13. The average Bonchev–Trinajstić information content (AvgIpc) is 3.81. The lowest BCUT2D eigenvalue weighted by molar-refractivity contribution is -0.385. The van der Waals surface area contributed by atoms with Gasteiger partial charge >= 0.3 is 6.09 Å². The van der Waals surface area contributed by atoms with Crippen molar-refractivity contribution in [2.24, 2.45) is 23.5 Å². The van der Waals surface area contributed by atoms with E-state index in [0.29, 0.717) is 12.5 Å². The number of halogens is 1. The fraction of sp³-hybridized carbons (Fsp3) is 0.450. The van der Waals surface area contributed by atoms with Crippen LogP contribution in [0.5, 0.6) is 0 Å². The van der Waals surface area contributed by atoms with Gasteiger partial charge < -0.3 is 24.8 Å². The van der Waals surface area contributed by atoms with Crippen LogP contribution in [0.1, 0.15) is 50.4 Å². The second kappa shape index (κ2) is 15.5. The second-order valence-corrected chi connectivity index (χ2v) is 16.9. The average molecular weight is 759 g/mol. The SMILES string of the molecule is CCc1nccn1C[C@@](c1cccc(F)c1)(C1CCN(CC2CN(c3ccc(S(=O)(=O)c4cccc([N+](=O)[O-])c4)cc3)C2)CC1)[C@H]1CCC[C@@H]1OC(N)=O. The van der Waals surface area contributed by atoms with Gasteiger partial charge in [-0.2, -0.15) is 0 Å². The zero-order valence-electron chi connectivity index (χ0n) is 30.4. The Bertz CT molecular complexity index is 2080. The predicted molar refractivity (Wildman–Crippen MR) is 201 cm³/mol. The minimum absolute atomic E-state index is 0.0387. The molecular weight excluding hydrogens is 712 g/mol. The molecule has 14 heteroatoms. The summed E-state index contributed by atoms with van der Waals surface area (Å²) in [6.07, 6.45) is 7.75. The number of nitro benzene ring substituents is 1. The number of imidazole rings is 1. The number of likely N-dealkylation sites (tertiary alicyclic amines) is 1. The summed E-state index contributed by atoms with van der Waals surface area (Å²) in [6.45, 7) is 7.10. The minimum atomic E-state index is -3.90. The molecule has 0 unspecified atom stereocenters. The van der Waals surface area contributed by atoms with Crippen LogP contribution in [0.2, 0.25) is 0 Å². The van der Waals surface area contributed by atoms with Crippen LogP contribution in [0.3, 0.4) is 0 Å². The molecule has 12 nitrogen and oxygen atoms in total. The number of non-ortho nitro benzene ring substituents is 1. The molecule has 4 aromatic rings. The number of hydrogen-bond donors (Lipinski definition) is 1. The molecule has 3 aromatic carbocycles. The van der Waals surface area contributed by atoms with E-state index in [9.17, 15) is 23.3 Å². The van der Waals surface area contributed by atoms with E-state index in [0.717, 1.165) is 94.4 Å². The first-order valence-corrected chi connectivity index (χ1v) is 20.2. The summed E-state index contributed by atoms with van der Waals surface area (Å²) in [6, 6.07) is 18.8. The number of aryl methyl sites for hydroxylation is 1. The topological polar surface area (TPSA) is 154 Å². The number of hydrogen-bond acceptors (Lipinski definition) is 9. The normalized spacial score (nSPS) is 21.0. The quantitative estimate of drug-likeness (QED) is 0.121. The molecule has 1 saturated carbocycles.